The van der Waals surface area contributed by atoms with Crippen molar-refractivity contribution in [2.75, 3.05) is 11.9 Å². The predicted molar refractivity (Wildman–Crippen MR) is 58.7 cm³/mol. The van der Waals surface area contributed by atoms with Gasteiger partial charge in [0.1, 0.15) is 11.5 Å². The molecule has 17 heavy (non-hydrogen) atoms. The van der Waals surface area contributed by atoms with Crippen LogP contribution in [0.4, 0.5) is 14.6 Å². The molecule has 0 aliphatic rings. The molecule has 6 heteroatoms. The maximum atomic E-state index is 13.7. The van der Waals surface area contributed by atoms with Crippen LogP contribution in [0.3, 0.4) is 0 Å². The first-order chi connectivity index (χ1) is 8.18. The van der Waals surface area contributed by atoms with E-state index in [2.05, 4.69) is 20.3 Å². The lowest BCUT2D eigenvalue weighted by atomic mass is 10.2. The highest BCUT2D eigenvalue weighted by molar-refractivity contribution is 5.31. The van der Waals surface area contributed by atoms with Crippen LogP contribution in [0.5, 0.6) is 0 Å². The monoisotopic (exact) mass is 236 g/mol. The Morgan fingerprint density at radius 1 is 1.12 bits per heavy atom. The van der Waals surface area contributed by atoms with Crippen LogP contribution in [0.25, 0.3) is 0 Å². The molecule has 0 unspecified atom stereocenters. The summed E-state index contributed by atoms with van der Waals surface area (Å²) in [5.74, 6) is -2.73. The molecular weight excluding hydrogens is 226 g/mol. The zero-order valence-corrected chi connectivity index (χ0v) is 8.85. The first-order valence-electron chi connectivity index (χ1n) is 4.98. The zero-order valence-electron chi connectivity index (χ0n) is 8.85. The summed E-state index contributed by atoms with van der Waals surface area (Å²) >= 11 is 0. The lowest BCUT2D eigenvalue weighted by Gasteiger charge is -2.16. The van der Waals surface area contributed by atoms with Gasteiger partial charge in [-0.2, -0.15) is 8.78 Å². The summed E-state index contributed by atoms with van der Waals surface area (Å²) in [4.78, 5) is 11.3. The Hall–Kier alpha value is -2.11. The molecular formula is C11H10F2N4. The fraction of sp³-hybridized carbons (Fsp3) is 0.182. The average molecular weight is 236 g/mol. The maximum absolute atomic E-state index is 13.7. The Bertz CT molecular complexity index is 461. The van der Waals surface area contributed by atoms with E-state index < -0.39 is 12.5 Å². The van der Waals surface area contributed by atoms with E-state index in [4.69, 9.17) is 0 Å². The number of pyridine rings is 1. The molecule has 0 saturated carbocycles. The van der Waals surface area contributed by atoms with E-state index in [-0.39, 0.29) is 5.69 Å². The van der Waals surface area contributed by atoms with Gasteiger partial charge in [0.2, 0.25) is 0 Å². The van der Waals surface area contributed by atoms with E-state index in [9.17, 15) is 8.78 Å². The third kappa shape index (κ3) is 2.93. The molecule has 0 radical (unpaired) electrons. The molecule has 4 nitrogen and oxygen atoms in total. The van der Waals surface area contributed by atoms with Gasteiger partial charge in [0.25, 0.3) is 0 Å². The Balaban J connectivity index is 2.03. The van der Waals surface area contributed by atoms with Gasteiger partial charge in [0, 0.05) is 18.6 Å². The Kier molecular flexibility index (Phi) is 3.22. The molecule has 2 heterocycles. The molecule has 0 amide bonds. The number of alkyl halides is 2. The van der Waals surface area contributed by atoms with Crippen LogP contribution < -0.4 is 5.32 Å². The van der Waals surface area contributed by atoms with Crippen LogP contribution >= 0.6 is 0 Å². The van der Waals surface area contributed by atoms with E-state index in [1.807, 2.05) is 0 Å². The van der Waals surface area contributed by atoms with Crippen molar-refractivity contribution in [3.63, 3.8) is 0 Å². The highest BCUT2D eigenvalue weighted by Crippen LogP contribution is 2.25. The summed E-state index contributed by atoms with van der Waals surface area (Å²) in [5.41, 5.74) is -0.267. The third-order valence-corrected chi connectivity index (χ3v) is 2.09. The van der Waals surface area contributed by atoms with E-state index in [1.165, 1.54) is 36.9 Å². The summed E-state index contributed by atoms with van der Waals surface area (Å²) in [5, 5.41) is 2.52. The van der Waals surface area contributed by atoms with E-state index in [0.717, 1.165) is 0 Å². The van der Waals surface area contributed by atoms with Crippen LogP contribution in [-0.4, -0.2) is 21.5 Å². The summed E-state index contributed by atoms with van der Waals surface area (Å²) in [6, 6.07) is 4.41. The third-order valence-electron chi connectivity index (χ3n) is 2.09. The topological polar surface area (TPSA) is 50.7 Å². The number of halogens is 2. The van der Waals surface area contributed by atoms with Crippen molar-refractivity contribution in [1.29, 1.82) is 0 Å². The van der Waals surface area contributed by atoms with Crippen LogP contribution in [0.1, 0.15) is 5.69 Å². The van der Waals surface area contributed by atoms with Crippen LogP contribution in [0.2, 0.25) is 0 Å². The number of aromatic nitrogens is 3. The minimum atomic E-state index is -3.04. The molecule has 2 aromatic heterocycles. The van der Waals surface area contributed by atoms with Crippen molar-refractivity contribution >= 4 is 5.82 Å². The maximum Gasteiger partial charge on any atom is 0.306 e. The van der Waals surface area contributed by atoms with Gasteiger partial charge >= 0.3 is 5.92 Å². The van der Waals surface area contributed by atoms with Gasteiger partial charge < -0.3 is 5.32 Å². The molecule has 88 valence electrons. The zero-order chi connectivity index (χ0) is 12.1. The molecule has 0 saturated heterocycles. The standard InChI is InChI=1S/C11H10F2N4/c12-11(13,9-3-1-2-4-15-9)8-17-10-7-14-5-6-16-10/h1-7H,8H2,(H,16,17). The second kappa shape index (κ2) is 4.82. The number of nitrogens with one attached hydrogen (secondary N) is 1. The SMILES string of the molecule is FC(F)(CNc1cnccn1)c1ccccn1. The summed E-state index contributed by atoms with van der Waals surface area (Å²) in [6.45, 7) is -0.567. The second-order valence-electron chi connectivity index (χ2n) is 3.36. The van der Waals surface area contributed by atoms with Gasteiger partial charge in [-0.3, -0.25) is 9.97 Å². The van der Waals surface area contributed by atoms with E-state index in [0.29, 0.717) is 5.82 Å². The fourth-order valence-electron chi connectivity index (χ4n) is 1.26. The number of hydrogen-bond donors (Lipinski definition) is 1. The van der Waals surface area contributed by atoms with Crippen molar-refractivity contribution in [2.24, 2.45) is 0 Å². The second-order valence-corrected chi connectivity index (χ2v) is 3.36. The van der Waals surface area contributed by atoms with Gasteiger partial charge in [0.05, 0.1) is 12.7 Å². The molecule has 0 aromatic carbocycles. The molecule has 0 bridgehead atoms. The Morgan fingerprint density at radius 2 is 2.00 bits per heavy atom. The van der Waals surface area contributed by atoms with Gasteiger partial charge in [-0.25, -0.2) is 4.98 Å². The lowest BCUT2D eigenvalue weighted by Crippen LogP contribution is -2.26. The molecule has 2 aromatic rings. The Morgan fingerprint density at radius 3 is 2.65 bits per heavy atom. The highest BCUT2D eigenvalue weighted by atomic mass is 19.3. The van der Waals surface area contributed by atoms with E-state index >= 15 is 0 Å². The number of hydrogen-bond acceptors (Lipinski definition) is 4. The van der Waals surface area contributed by atoms with Crippen molar-refractivity contribution in [3.8, 4) is 0 Å². The minimum Gasteiger partial charge on any atom is -0.362 e. The van der Waals surface area contributed by atoms with Gasteiger partial charge in [-0.05, 0) is 12.1 Å². The van der Waals surface area contributed by atoms with Crippen LogP contribution in [0.15, 0.2) is 43.0 Å². The van der Waals surface area contributed by atoms with Crippen molar-refractivity contribution in [3.05, 3.63) is 48.7 Å². The molecule has 0 fully saturated rings. The quantitative estimate of drug-likeness (QED) is 0.882. The van der Waals surface area contributed by atoms with E-state index in [1.54, 1.807) is 6.07 Å². The fourth-order valence-corrected chi connectivity index (χ4v) is 1.26. The normalized spacial score (nSPS) is 11.2. The largest absolute Gasteiger partial charge is 0.362 e. The molecule has 1 N–H and O–H groups in total. The molecule has 0 spiro atoms. The highest BCUT2D eigenvalue weighted by Gasteiger charge is 2.32. The smallest absolute Gasteiger partial charge is 0.306 e. The van der Waals surface area contributed by atoms with Gasteiger partial charge in [-0.1, -0.05) is 6.07 Å². The summed E-state index contributed by atoms with van der Waals surface area (Å²) in [6.07, 6.45) is 5.63. The lowest BCUT2D eigenvalue weighted by molar-refractivity contribution is 0.00591. The average Bonchev–Trinajstić information content (AvgIpc) is 2.39. The van der Waals surface area contributed by atoms with Gasteiger partial charge in [0.15, 0.2) is 0 Å². The predicted octanol–water partition coefficient (Wildman–Crippen LogP) is 2.08. The van der Waals surface area contributed by atoms with Gasteiger partial charge in [-0.15, -0.1) is 0 Å². The minimum absolute atomic E-state index is 0.267. The Labute approximate surface area is 96.8 Å². The summed E-state index contributed by atoms with van der Waals surface area (Å²) < 4.78 is 27.3. The number of anilines is 1. The first-order valence-corrected chi connectivity index (χ1v) is 4.98. The van der Waals surface area contributed by atoms with Crippen LogP contribution in [0, 0.1) is 0 Å². The van der Waals surface area contributed by atoms with Crippen LogP contribution in [-0.2, 0) is 5.92 Å². The number of nitrogens with zero attached hydrogens (tertiary/aromatic N) is 3. The number of rotatable bonds is 4. The molecule has 0 atom stereocenters. The van der Waals surface area contributed by atoms with Crippen molar-refractivity contribution in [1.82, 2.24) is 15.0 Å². The van der Waals surface area contributed by atoms with Crippen molar-refractivity contribution in [2.45, 2.75) is 5.92 Å². The first kappa shape index (κ1) is 11.4. The molecule has 0 aliphatic heterocycles. The summed E-state index contributed by atoms with van der Waals surface area (Å²) in [7, 11) is 0. The molecule has 0 aliphatic carbocycles. The van der Waals surface area contributed by atoms with Crippen molar-refractivity contribution < 1.29 is 8.78 Å². The molecule has 2 rings (SSSR count).